The van der Waals surface area contributed by atoms with E-state index in [1.807, 2.05) is 24.3 Å². The van der Waals surface area contributed by atoms with Crippen molar-refractivity contribution in [3.63, 3.8) is 0 Å². The largest absolute Gasteiger partial charge is 0.452 e. The maximum Gasteiger partial charge on any atom is 0.331 e. The van der Waals surface area contributed by atoms with E-state index in [0.29, 0.717) is 11.3 Å². The zero-order valence-corrected chi connectivity index (χ0v) is 16.5. The molecule has 8 nitrogen and oxygen atoms in total. The standard InChI is InChI=1S/C22H23N3O5/c26-21(23-18-8-10-19(11-9-18)24-13-2-1-3-14-24)16-30-22(27)12-7-17-5-4-6-20(15-17)25(28)29/h4-12,15H,1-3,13-14,16H2,(H,23,26)/b12-7+. The maximum absolute atomic E-state index is 12.0. The van der Waals surface area contributed by atoms with Crippen molar-refractivity contribution in [1.82, 2.24) is 0 Å². The summed E-state index contributed by atoms with van der Waals surface area (Å²) < 4.78 is 4.91. The van der Waals surface area contributed by atoms with E-state index in [1.54, 1.807) is 6.07 Å². The molecule has 0 bridgehead atoms. The fourth-order valence-electron chi connectivity index (χ4n) is 3.20. The number of ether oxygens (including phenoxy) is 1. The molecule has 0 unspecified atom stereocenters. The molecule has 0 saturated carbocycles. The first-order valence-corrected chi connectivity index (χ1v) is 9.75. The fraction of sp³-hybridized carbons (Fsp3) is 0.273. The normalized spacial score (nSPS) is 13.8. The Bertz CT molecular complexity index is 934. The number of rotatable bonds is 7. The van der Waals surface area contributed by atoms with Gasteiger partial charge in [0.15, 0.2) is 6.61 Å². The van der Waals surface area contributed by atoms with Gasteiger partial charge in [-0.2, -0.15) is 0 Å². The summed E-state index contributed by atoms with van der Waals surface area (Å²) in [6.07, 6.45) is 6.18. The highest BCUT2D eigenvalue weighted by atomic mass is 16.6. The van der Waals surface area contributed by atoms with Crippen molar-refractivity contribution in [2.45, 2.75) is 19.3 Å². The molecule has 2 aromatic carbocycles. The van der Waals surface area contributed by atoms with E-state index in [-0.39, 0.29) is 5.69 Å². The van der Waals surface area contributed by atoms with Crippen LogP contribution in [0.5, 0.6) is 0 Å². The monoisotopic (exact) mass is 409 g/mol. The van der Waals surface area contributed by atoms with Crippen LogP contribution in [0.3, 0.4) is 0 Å². The molecule has 3 rings (SSSR count). The fourth-order valence-corrected chi connectivity index (χ4v) is 3.20. The van der Waals surface area contributed by atoms with Crippen LogP contribution in [0.1, 0.15) is 24.8 Å². The number of benzene rings is 2. The van der Waals surface area contributed by atoms with Crippen LogP contribution in [0.4, 0.5) is 17.1 Å². The van der Waals surface area contributed by atoms with Gasteiger partial charge < -0.3 is 15.0 Å². The van der Waals surface area contributed by atoms with Gasteiger partial charge in [-0.15, -0.1) is 0 Å². The van der Waals surface area contributed by atoms with Gasteiger partial charge in [0.1, 0.15) is 0 Å². The maximum atomic E-state index is 12.0. The number of carbonyl (C=O) groups excluding carboxylic acids is 2. The van der Waals surface area contributed by atoms with Crippen LogP contribution in [-0.2, 0) is 14.3 Å². The Morgan fingerprint density at radius 1 is 1.10 bits per heavy atom. The van der Waals surface area contributed by atoms with Crippen molar-refractivity contribution in [1.29, 1.82) is 0 Å². The zero-order valence-electron chi connectivity index (χ0n) is 16.5. The van der Waals surface area contributed by atoms with E-state index in [9.17, 15) is 19.7 Å². The Labute approximate surface area is 174 Å². The molecule has 8 heteroatoms. The van der Waals surface area contributed by atoms with E-state index in [2.05, 4.69) is 10.2 Å². The number of carbonyl (C=O) groups is 2. The second-order valence-electron chi connectivity index (χ2n) is 6.94. The molecule has 0 aliphatic carbocycles. The Morgan fingerprint density at radius 3 is 2.53 bits per heavy atom. The van der Waals surface area contributed by atoms with Gasteiger partial charge in [0.25, 0.3) is 11.6 Å². The number of nitro groups is 1. The second-order valence-corrected chi connectivity index (χ2v) is 6.94. The van der Waals surface area contributed by atoms with Crippen LogP contribution >= 0.6 is 0 Å². The van der Waals surface area contributed by atoms with Gasteiger partial charge in [0.2, 0.25) is 0 Å². The molecule has 1 aliphatic rings. The summed E-state index contributed by atoms with van der Waals surface area (Å²) in [6, 6.07) is 13.4. The first-order valence-electron chi connectivity index (χ1n) is 9.75. The molecule has 1 aliphatic heterocycles. The lowest BCUT2D eigenvalue weighted by atomic mass is 10.1. The number of nitrogens with one attached hydrogen (secondary N) is 1. The molecule has 1 N–H and O–H groups in total. The van der Waals surface area contributed by atoms with Crippen molar-refractivity contribution >= 4 is 35.0 Å². The number of non-ortho nitro benzene ring substituents is 1. The van der Waals surface area contributed by atoms with Crippen LogP contribution in [0.25, 0.3) is 6.08 Å². The lowest BCUT2D eigenvalue weighted by Gasteiger charge is -2.28. The molecular formula is C22H23N3O5. The van der Waals surface area contributed by atoms with E-state index in [1.165, 1.54) is 43.5 Å². The number of piperidine rings is 1. The van der Waals surface area contributed by atoms with Gasteiger partial charge in [0.05, 0.1) is 4.92 Å². The number of hydrogen-bond acceptors (Lipinski definition) is 6. The molecule has 1 saturated heterocycles. The zero-order chi connectivity index (χ0) is 21.3. The average molecular weight is 409 g/mol. The number of anilines is 2. The predicted octanol–water partition coefficient (Wildman–Crippen LogP) is 3.78. The van der Waals surface area contributed by atoms with Crippen molar-refractivity contribution in [3.05, 3.63) is 70.3 Å². The topological polar surface area (TPSA) is 102 Å². The summed E-state index contributed by atoms with van der Waals surface area (Å²) in [5.74, 6) is -1.16. The van der Waals surface area contributed by atoms with Crippen LogP contribution in [0.2, 0.25) is 0 Å². The molecule has 1 heterocycles. The Hall–Kier alpha value is -3.68. The number of esters is 1. The quantitative estimate of drug-likeness (QED) is 0.323. The summed E-state index contributed by atoms with van der Waals surface area (Å²) in [6.45, 7) is 1.67. The van der Waals surface area contributed by atoms with Gasteiger partial charge in [-0.05, 0) is 55.2 Å². The lowest BCUT2D eigenvalue weighted by molar-refractivity contribution is -0.384. The molecule has 0 aromatic heterocycles. The summed E-state index contributed by atoms with van der Waals surface area (Å²) in [5.41, 5.74) is 2.17. The number of hydrogen-bond donors (Lipinski definition) is 1. The van der Waals surface area contributed by atoms with E-state index >= 15 is 0 Å². The molecule has 1 amide bonds. The summed E-state index contributed by atoms with van der Waals surface area (Å²) in [7, 11) is 0. The lowest BCUT2D eigenvalue weighted by Crippen LogP contribution is -2.29. The molecule has 0 spiro atoms. The van der Waals surface area contributed by atoms with E-state index in [4.69, 9.17) is 4.74 Å². The minimum atomic E-state index is -0.711. The summed E-state index contributed by atoms with van der Waals surface area (Å²) in [4.78, 5) is 36.4. The molecule has 0 radical (unpaired) electrons. The van der Waals surface area contributed by atoms with E-state index < -0.39 is 23.4 Å². The minimum absolute atomic E-state index is 0.0730. The SMILES string of the molecule is O=C(COC(=O)/C=C/c1cccc([N+](=O)[O-])c1)Nc1ccc(N2CCCCC2)cc1. The summed E-state index contributed by atoms with van der Waals surface area (Å²) >= 11 is 0. The molecule has 30 heavy (non-hydrogen) atoms. The third kappa shape index (κ3) is 6.16. The first-order chi connectivity index (χ1) is 14.5. The molecule has 0 atom stereocenters. The Balaban J connectivity index is 1.45. The molecule has 2 aromatic rings. The third-order valence-electron chi connectivity index (χ3n) is 4.71. The van der Waals surface area contributed by atoms with Crippen LogP contribution in [0, 0.1) is 10.1 Å². The molecular weight excluding hydrogens is 386 g/mol. The van der Waals surface area contributed by atoms with Gasteiger partial charge in [-0.3, -0.25) is 14.9 Å². The molecule has 1 fully saturated rings. The van der Waals surface area contributed by atoms with Gasteiger partial charge in [-0.25, -0.2) is 4.79 Å². The highest BCUT2D eigenvalue weighted by Gasteiger charge is 2.11. The van der Waals surface area contributed by atoms with Crippen LogP contribution in [0.15, 0.2) is 54.6 Å². The number of nitrogens with zero attached hydrogens (tertiary/aromatic N) is 2. The van der Waals surface area contributed by atoms with Crippen molar-refractivity contribution < 1.29 is 19.2 Å². The van der Waals surface area contributed by atoms with Gasteiger partial charge in [0, 0.05) is 42.7 Å². The highest BCUT2D eigenvalue weighted by Crippen LogP contribution is 2.21. The number of amides is 1. The van der Waals surface area contributed by atoms with E-state index in [0.717, 1.165) is 24.9 Å². The summed E-state index contributed by atoms with van der Waals surface area (Å²) in [5, 5.41) is 13.4. The first kappa shape index (κ1) is 21.0. The van der Waals surface area contributed by atoms with Gasteiger partial charge >= 0.3 is 5.97 Å². The average Bonchev–Trinajstić information content (AvgIpc) is 2.77. The van der Waals surface area contributed by atoms with Crippen molar-refractivity contribution in [2.75, 3.05) is 29.9 Å². The third-order valence-corrected chi connectivity index (χ3v) is 4.71. The highest BCUT2D eigenvalue weighted by molar-refractivity contribution is 5.94. The second kappa shape index (κ2) is 10.2. The Morgan fingerprint density at radius 2 is 1.83 bits per heavy atom. The predicted molar refractivity (Wildman–Crippen MR) is 114 cm³/mol. The minimum Gasteiger partial charge on any atom is -0.452 e. The van der Waals surface area contributed by atoms with Crippen LogP contribution < -0.4 is 10.2 Å². The van der Waals surface area contributed by atoms with Crippen molar-refractivity contribution in [2.24, 2.45) is 0 Å². The Kier molecular flexibility index (Phi) is 7.15. The smallest absolute Gasteiger partial charge is 0.331 e. The van der Waals surface area contributed by atoms with Crippen molar-refractivity contribution in [3.8, 4) is 0 Å². The molecule has 156 valence electrons. The number of nitro benzene ring substituents is 1. The van der Waals surface area contributed by atoms with Gasteiger partial charge in [-0.1, -0.05) is 12.1 Å². The van der Waals surface area contributed by atoms with Crippen LogP contribution in [-0.4, -0.2) is 36.5 Å².